The summed E-state index contributed by atoms with van der Waals surface area (Å²) in [5, 5.41) is 2.64. The minimum Gasteiger partial charge on any atom is -0.311 e. The van der Waals surface area contributed by atoms with E-state index in [2.05, 4.69) is 5.32 Å². The Labute approximate surface area is 63.4 Å². The van der Waals surface area contributed by atoms with Crippen molar-refractivity contribution in [3.63, 3.8) is 0 Å². The van der Waals surface area contributed by atoms with Gasteiger partial charge in [-0.15, -0.1) is 0 Å². The van der Waals surface area contributed by atoms with Gasteiger partial charge in [-0.25, -0.2) is 0 Å². The van der Waals surface area contributed by atoms with Crippen molar-refractivity contribution in [2.45, 2.75) is 18.6 Å². The van der Waals surface area contributed by atoms with Gasteiger partial charge in [-0.2, -0.15) is 0 Å². The highest BCUT2D eigenvalue weighted by Crippen LogP contribution is 2.21. The predicted molar refractivity (Wildman–Crippen MR) is 42.4 cm³/mol. The van der Waals surface area contributed by atoms with Crippen LogP contribution in [0.5, 0.6) is 0 Å². The first kappa shape index (κ1) is 7.02. The predicted octanol–water partition coefficient (Wildman–Crippen LogP) is 0.913. The summed E-state index contributed by atoms with van der Waals surface area (Å²) in [6.45, 7) is 1.98. The van der Waals surface area contributed by atoms with E-state index in [1.165, 1.54) is 11.8 Å². The highest BCUT2D eigenvalue weighted by molar-refractivity contribution is 8.24. The van der Waals surface area contributed by atoms with E-state index in [1.807, 2.05) is 6.92 Å². The van der Waals surface area contributed by atoms with Crippen LogP contribution in [-0.2, 0) is 4.79 Å². The Morgan fingerprint density at radius 1 is 1.89 bits per heavy atom. The van der Waals surface area contributed by atoms with Crippen LogP contribution in [0.25, 0.3) is 0 Å². The lowest BCUT2D eigenvalue weighted by molar-refractivity contribution is -0.118. The normalized spacial score (nSPS) is 26.6. The smallest absolute Gasteiger partial charge is 0.238 e. The third kappa shape index (κ3) is 1.43. The van der Waals surface area contributed by atoms with Crippen LogP contribution < -0.4 is 5.32 Å². The maximum Gasteiger partial charge on any atom is 0.238 e. The van der Waals surface area contributed by atoms with Crippen LogP contribution in [0.4, 0.5) is 0 Å². The molecule has 4 heteroatoms. The molecule has 0 spiro atoms. The van der Waals surface area contributed by atoms with E-state index in [1.54, 1.807) is 0 Å². The Bertz CT molecular complexity index is 157. The van der Waals surface area contributed by atoms with Crippen LogP contribution in [0.3, 0.4) is 0 Å². The van der Waals surface area contributed by atoms with Crippen molar-refractivity contribution < 1.29 is 4.79 Å². The third-order valence-corrected chi connectivity index (χ3v) is 2.68. The second-order valence-corrected chi connectivity index (χ2v) is 3.67. The molecule has 0 saturated carbocycles. The van der Waals surface area contributed by atoms with E-state index in [9.17, 15) is 4.79 Å². The van der Waals surface area contributed by atoms with Crippen LogP contribution in [0.15, 0.2) is 0 Å². The molecule has 0 unspecified atom stereocenters. The minimum absolute atomic E-state index is 0.0625. The third-order valence-electron chi connectivity index (χ3n) is 1.14. The first-order valence-electron chi connectivity index (χ1n) is 2.75. The fourth-order valence-electron chi connectivity index (χ4n) is 0.662. The molecule has 9 heavy (non-hydrogen) atoms. The Morgan fingerprint density at radius 3 is 2.78 bits per heavy atom. The highest BCUT2D eigenvalue weighted by atomic mass is 32.2. The first-order valence-corrected chi connectivity index (χ1v) is 4.04. The summed E-state index contributed by atoms with van der Waals surface area (Å²) in [7, 11) is 0. The topological polar surface area (TPSA) is 29.1 Å². The largest absolute Gasteiger partial charge is 0.311 e. The number of nitrogens with one attached hydrogen (secondary N) is 1. The zero-order chi connectivity index (χ0) is 6.85. The molecule has 1 aliphatic rings. The lowest BCUT2D eigenvalue weighted by Gasteiger charge is -1.95. The fourth-order valence-corrected chi connectivity index (χ4v) is 1.86. The van der Waals surface area contributed by atoms with Gasteiger partial charge >= 0.3 is 0 Å². The van der Waals surface area contributed by atoms with Crippen molar-refractivity contribution in [3.8, 4) is 0 Å². The van der Waals surface area contributed by atoms with Gasteiger partial charge in [0.15, 0.2) is 0 Å². The standard InChI is InChI=1S/C5H7NOS2/c1-2-3-4(7)6-5(8)9-3/h3H,2H2,1H3,(H,6,7,8)/t3-/m1/s1. The zero-order valence-corrected chi connectivity index (χ0v) is 6.64. The lowest BCUT2D eigenvalue weighted by atomic mass is 10.3. The molecular weight excluding hydrogens is 154 g/mol. The van der Waals surface area contributed by atoms with E-state index >= 15 is 0 Å². The molecule has 0 aromatic carbocycles. The van der Waals surface area contributed by atoms with Crippen LogP contribution in [0.2, 0.25) is 0 Å². The summed E-state index contributed by atoms with van der Waals surface area (Å²) in [6.07, 6.45) is 0.858. The number of carbonyl (C=O) groups excluding carboxylic acids is 1. The summed E-state index contributed by atoms with van der Waals surface area (Å²) in [5.41, 5.74) is 0. The van der Waals surface area contributed by atoms with Crippen molar-refractivity contribution in [2.75, 3.05) is 0 Å². The van der Waals surface area contributed by atoms with E-state index in [0.29, 0.717) is 4.32 Å². The molecule has 2 nitrogen and oxygen atoms in total. The Kier molecular flexibility index (Phi) is 2.08. The van der Waals surface area contributed by atoms with Crippen LogP contribution in [-0.4, -0.2) is 15.5 Å². The van der Waals surface area contributed by atoms with Gasteiger partial charge in [0, 0.05) is 0 Å². The van der Waals surface area contributed by atoms with Crippen molar-refractivity contribution >= 4 is 34.2 Å². The summed E-state index contributed by atoms with van der Waals surface area (Å²) < 4.78 is 0.617. The average Bonchev–Trinajstić information content (AvgIpc) is 2.10. The van der Waals surface area contributed by atoms with Crippen molar-refractivity contribution in [2.24, 2.45) is 0 Å². The van der Waals surface area contributed by atoms with Crippen LogP contribution in [0, 0.1) is 0 Å². The van der Waals surface area contributed by atoms with E-state index in [-0.39, 0.29) is 11.2 Å². The van der Waals surface area contributed by atoms with Crippen LogP contribution in [0.1, 0.15) is 13.3 Å². The number of carbonyl (C=O) groups is 1. The monoisotopic (exact) mass is 161 g/mol. The number of rotatable bonds is 1. The molecule has 1 fully saturated rings. The quantitative estimate of drug-likeness (QED) is 0.580. The van der Waals surface area contributed by atoms with Crippen LogP contribution >= 0.6 is 24.0 Å². The number of thioether (sulfide) groups is 1. The maximum absolute atomic E-state index is 10.8. The van der Waals surface area contributed by atoms with Gasteiger partial charge in [-0.05, 0) is 6.42 Å². The molecule has 1 rings (SSSR count). The number of thiocarbonyl (C=S) groups is 1. The molecule has 1 atom stereocenters. The number of hydrogen-bond donors (Lipinski definition) is 1. The van der Waals surface area contributed by atoms with Gasteiger partial charge in [0.05, 0.1) is 5.25 Å². The molecular formula is C5H7NOS2. The summed E-state index contributed by atoms with van der Waals surface area (Å²) in [6, 6.07) is 0. The fraction of sp³-hybridized carbons (Fsp3) is 0.600. The van der Waals surface area contributed by atoms with Crippen molar-refractivity contribution in [1.29, 1.82) is 0 Å². The molecule has 0 aromatic rings. The Morgan fingerprint density at radius 2 is 2.56 bits per heavy atom. The molecule has 1 saturated heterocycles. The molecule has 1 amide bonds. The zero-order valence-electron chi connectivity index (χ0n) is 5.01. The van der Waals surface area contributed by atoms with Gasteiger partial charge in [0.25, 0.3) is 0 Å². The van der Waals surface area contributed by atoms with Gasteiger partial charge in [0.2, 0.25) is 5.91 Å². The summed E-state index contributed by atoms with van der Waals surface area (Å²) in [4.78, 5) is 10.8. The number of hydrogen-bond acceptors (Lipinski definition) is 3. The average molecular weight is 161 g/mol. The molecule has 0 bridgehead atoms. The van der Waals surface area contributed by atoms with Gasteiger partial charge in [-0.3, -0.25) is 4.79 Å². The Hall–Kier alpha value is -0.0900. The maximum atomic E-state index is 10.8. The van der Waals surface area contributed by atoms with Crippen molar-refractivity contribution in [3.05, 3.63) is 0 Å². The highest BCUT2D eigenvalue weighted by Gasteiger charge is 2.26. The molecule has 1 aliphatic heterocycles. The Balaban J connectivity index is 2.58. The summed E-state index contributed by atoms with van der Waals surface area (Å²) >= 11 is 6.21. The van der Waals surface area contributed by atoms with E-state index in [4.69, 9.17) is 12.2 Å². The first-order chi connectivity index (χ1) is 4.24. The minimum atomic E-state index is 0.0625. The van der Waals surface area contributed by atoms with E-state index < -0.39 is 0 Å². The van der Waals surface area contributed by atoms with E-state index in [0.717, 1.165) is 6.42 Å². The molecule has 1 heterocycles. The van der Waals surface area contributed by atoms with Crippen molar-refractivity contribution in [1.82, 2.24) is 5.32 Å². The molecule has 0 aromatic heterocycles. The van der Waals surface area contributed by atoms with Gasteiger partial charge in [-0.1, -0.05) is 30.9 Å². The van der Waals surface area contributed by atoms with Gasteiger partial charge in [0.1, 0.15) is 4.32 Å². The summed E-state index contributed by atoms with van der Waals surface area (Å²) in [5.74, 6) is 0.0625. The number of amides is 1. The lowest BCUT2D eigenvalue weighted by Crippen LogP contribution is -2.23. The molecule has 1 N–H and O–H groups in total. The molecule has 50 valence electrons. The SMILES string of the molecule is CC[C@H]1SC(=S)NC1=O. The second kappa shape index (κ2) is 2.66. The second-order valence-electron chi connectivity index (χ2n) is 1.79. The molecule has 0 radical (unpaired) electrons. The molecule has 0 aliphatic carbocycles. The van der Waals surface area contributed by atoms with Gasteiger partial charge < -0.3 is 5.32 Å².